The van der Waals surface area contributed by atoms with Crippen molar-refractivity contribution in [2.24, 2.45) is 5.92 Å². The predicted molar refractivity (Wildman–Crippen MR) is 76.5 cm³/mol. The van der Waals surface area contributed by atoms with E-state index in [1.807, 2.05) is 6.07 Å². The van der Waals surface area contributed by atoms with E-state index in [4.69, 9.17) is 11.6 Å². The fourth-order valence-electron chi connectivity index (χ4n) is 2.57. The van der Waals surface area contributed by atoms with Crippen molar-refractivity contribution in [3.8, 4) is 5.75 Å². The van der Waals surface area contributed by atoms with Crippen LogP contribution in [-0.4, -0.2) is 18.2 Å². The van der Waals surface area contributed by atoms with Crippen molar-refractivity contribution in [1.29, 1.82) is 0 Å². The van der Waals surface area contributed by atoms with Crippen molar-refractivity contribution >= 4 is 11.6 Å². The number of phenols is 1. The Morgan fingerprint density at radius 1 is 1.33 bits per heavy atom. The highest BCUT2D eigenvalue weighted by atomic mass is 35.5. The van der Waals surface area contributed by atoms with Crippen LogP contribution >= 0.6 is 11.6 Å². The minimum absolute atomic E-state index is 0.277. The minimum Gasteiger partial charge on any atom is -0.506 e. The fourth-order valence-corrected chi connectivity index (χ4v) is 2.81. The van der Waals surface area contributed by atoms with E-state index in [0.717, 1.165) is 25.1 Å². The number of phenolic OH excluding ortho intramolecular Hbond substituents is 1. The first-order valence-electron chi connectivity index (χ1n) is 6.80. The zero-order valence-corrected chi connectivity index (χ0v) is 11.9. The highest BCUT2D eigenvalue weighted by Crippen LogP contribution is 2.34. The molecular formula is C15H22ClNO. The van der Waals surface area contributed by atoms with Crippen molar-refractivity contribution in [3.63, 3.8) is 0 Å². The SMILES string of the molecule is CC(C)c1cc(Cl)c(O)c(CC2CCNCC2)c1. The summed E-state index contributed by atoms with van der Waals surface area (Å²) in [5.41, 5.74) is 2.22. The van der Waals surface area contributed by atoms with Gasteiger partial charge in [-0.3, -0.25) is 0 Å². The van der Waals surface area contributed by atoms with Gasteiger partial charge in [0.25, 0.3) is 0 Å². The molecule has 0 bridgehead atoms. The molecule has 1 aromatic rings. The number of benzene rings is 1. The van der Waals surface area contributed by atoms with Gasteiger partial charge in [-0.25, -0.2) is 0 Å². The third kappa shape index (κ3) is 3.18. The maximum atomic E-state index is 10.1. The van der Waals surface area contributed by atoms with Crippen LogP contribution < -0.4 is 5.32 Å². The number of aromatic hydroxyl groups is 1. The fraction of sp³-hybridized carbons (Fsp3) is 0.600. The van der Waals surface area contributed by atoms with Gasteiger partial charge in [-0.15, -0.1) is 0 Å². The predicted octanol–water partition coefficient (Wildman–Crippen LogP) is 3.71. The van der Waals surface area contributed by atoms with E-state index in [1.54, 1.807) is 0 Å². The quantitative estimate of drug-likeness (QED) is 0.875. The summed E-state index contributed by atoms with van der Waals surface area (Å²) >= 11 is 6.12. The number of halogens is 1. The topological polar surface area (TPSA) is 32.3 Å². The van der Waals surface area contributed by atoms with E-state index in [9.17, 15) is 5.11 Å². The van der Waals surface area contributed by atoms with Gasteiger partial charge in [0.2, 0.25) is 0 Å². The van der Waals surface area contributed by atoms with Gasteiger partial charge >= 0.3 is 0 Å². The molecule has 0 atom stereocenters. The number of nitrogens with one attached hydrogen (secondary N) is 1. The smallest absolute Gasteiger partial charge is 0.137 e. The average Bonchev–Trinajstić information content (AvgIpc) is 2.35. The zero-order chi connectivity index (χ0) is 13.1. The third-order valence-corrected chi connectivity index (χ3v) is 4.09. The van der Waals surface area contributed by atoms with Crippen LogP contribution in [0.2, 0.25) is 5.02 Å². The molecule has 0 radical (unpaired) electrons. The second-order valence-corrected chi connectivity index (χ2v) is 5.97. The maximum absolute atomic E-state index is 10.1. The first-order chi connectivity index (χ1) is 8.58. The van der Waals surface area contributed by atoms with Gasteiger partial charge in [0.1, 0.15) is 5.75 Å². The molecule has 1 aromatic carbocycles. The molecule has 0 spiro atoms. The summed E-state index contributed by atoms with van der Waals surface area (Å²) in [6, 6.07) is 4.00. The highest BCUT2D eigenvalue weighted by Gasteiger charge is 2.17. The van der Waals surface area contributed by atoms with Crippen molar-refractivity contribution in [2.45, 2.75) is 39.0 Å². The first kappa shape index (κ1) is 13.7. The summed E-state index contributed by atoms with van der Waals surface area (Å²) in [7, 11) is 0. The van der Waals surface area contributed by atoms with E-state index in [0.29, 0.717) is 16.9 Å². The highest BCUT2D eigenvalue weighted by molar-refractivity contribution is 6.32. The molecule has 1 saturated heterocycles. The summed E-state index contributed by atoms with van der Waals surface area (Å²) in [5, 5.41) is 13.9. The van der Waals surface area contributed by atoms with Gasteiger partial charge in [0, 0.05) is 0 Å². The summed E-state index contributed by atoms with van der Waals surface area (Å²) in [6.45, 7) is 6.47. The first-order valence-corrected chi connectivity index (χ1v) is 7.17. The van der Waals surface area contributed by atoms with Crippen LogP contribution in [0.5, 0.6) is 5.75 Å². The van der Waals surface area contributed by atoms with E-state index >= 15 is 0 Å². The Morgan fingerprint density at radius 3 is 2.61 bits per heavy atom. The molecule has 2 rings (SSSR count). The van der Waals surface area contributed by atoms with Gasteiger partial charge < -0.3 is 10.4 Å². The van der Waals surface area contributed by atoms with Crippen LogP contribution in [0.15, 0.2) is 12.1 Å². The molecule has 0 amide bonds. The molecule has 0 aliphatic carbocycles. The lowest BCUT2D eigenvalue weighted by atomic mass is 9.89. The van der Waals surface area contributed by atoms with E-state index in [1.165, 1.54) is 18.4 Å². The number of rotatable bonds is 3. The van der Waals surface area contributed by atoms with Gasteiger partial charge in [-0.2, -0.15) is 0 Å². The van der Waals surface area contributed by atoms with Gasteiger partial charge in [0.05, 0.1) is 5.02 Å². The van der Waals surface area contributed by atoms with Crippen molar-refractivity contribution < 1.29 is 5.11 Å². The third-order valence-electron chi connectivity index (χ3n) is 3.80. The molecule has 1 heterocycles. The van der Waals surface area contributed by atoms with Gasteiger partial charge in [-0.1, -0.05) is 31.5 Å². The second kappa shape index (κ2) is 5.94. The normalized spacial score (nSPS) is 17.3. The Morgan fingerprint density at radius 2 is 2.00 bits per heavy atom. The van der Waals surface area contributed by atoms with Crippen LogP contribution in [0.3, 0.4) is 0 Å². The van der Waals surface area contributed by atoms with Crippen molar-refractivity contribution in [3.05, 3.63) is 28.3 Å². The molecule has 3 heteroatoms. The maximum Gasteiger partial charge on any atom is 0.137 e. The van der Waals surface area contributed by atoms with Gasteiger partial charge in [0.15, 0.2) is 0 Å². The van der Waals surface area contributed by atoms with E-state index in [-0.39, 0.29) is 5.75 Å². The molecule has 0 aromatic heterocycles. The van der Waals surface area contributed by atoms with Crippen LogP contribution in [0.1, 0.15) is 43.7 Å². The summed E-state index contributed by atoms with van der Waals surface area (Å²) in [5.74, 6) is 1.38. The Hall–Kier alpha value is -0.730. The zero-order valence-electron chi connectivity index (χ0n) is 11.2. The monoisotopic (exact) mass is 267 g/mol. The van der Waals surface area contributed by atoms with E-state index < -0.39 is 0 Å². The number of piperidine rings is 1. The molecule has 1 aliphatic heterocycles. The van der Waals surface area contributed by atoms with Crippen molar-refractivity contribution in [2.75, 3.05) is 13.1 Å². The van der Waals surface area contributed by atoms with Gasteiger partial charge in [-0.05, 0) is 61.4 Å². The Kier molecular flexibility index (Phi) is 4.52. The summed E-state index contributed by atoms with van der Waals surface area (Å²) in [4.78, 5) is 0. The molecule has 1 aliphatic rings. The Bertz CT molecular complexity index is 411. The second-order valence-electron chi connectivity index (χ2n) is 5.56. The van der Waals surface area contributed by atoms with Crippen LogP contribution in [-0.2, 0) is 6.42 Å². The lowest BCUT2D eigenvalue weighted by Crippen LogP contribution is -2.28. The summed E-state index contributed by atoms with van der Waals surface area (Å²) in [6.07, 6.45) is 3.31. The van der Waals surface area contributed by atoms with E-state index in [2.05, 4.69) is 25.2 Å². The Labute approximate surface area is 114 Å². The van der Waals surface area contributed by atoms with Crippen LogP contribution in [0.25, 0.3) is 0 Å². The van der Waals surface area contributed by atoms with Crippen LogP contribution in [0.4, 0.5) is 0 Å². The molecule has 100 valence electrons. The Balaban J connectivity index is 2.19. The molecule has 0 unspecified atom stereocenters. The average molecular weight is 268 g/mol. The number of hydrogen-bond acceptors (Lipinski definition) is 2. The standard InChI is InChI=1S/C15H22ClNO/c1-10(2)12-8-13(15(18)14(16)9-12)7-11-3-5-17-6-4-11/h8-11,17-18H,3-7H2,1-2H3. The number of hydrogen-bond donors (Lipinski definition) is 2. The van der Waals surface area contributed by atoms with Crippen molar-refractivity contribution in [1.82, 2.24) is 5.32 Å². The molecule has 2 N–H and O–H groups in total. The molecular weight excluding hydrogens is 246 g/mol. The van der Waals surface area contributed by atoms with Crippen LogP contribution in [0, 0.1) is 5.92 Å². The molecule has 0 saturated carbocycles. The molecule has 2 nitrogen and oxygen atoms in total. The molecule has 18 heavy (non-hydrogen) atoms. The molecule has 1 fully saturated rings. The minimum atomic E-state index is 0.277. The summed E-state index contributed by atoms with van der Waals surface area (Å²) < 4.78 is 0. The lowest BCUT2D eigenvalue weighted by molar-refractivity contribution is 0.366. The largest absolute Gasteiger partial charge is 0.506 e. The lowest BCUT2D eigenvalue weighted by Gasteiger charge is -2.23.